The van der Waals surface area contributed by atoms with Crippen LogP contribution in [-0.4, -0.2) is 27.6 Å². The van der Waals surface area contributed by atoms with Crippen LogP contribution < -0.4 is 16.2 Å². The van der Waals surface area contributed by atoms with E-state index in [4.69, 9.17) is 0 Å². The number of hydrogen-bond acceptors (Lipinski definition) is 6. The van der Waals surface area contributed by atoms with Gasteiger partial charge in [0.15, 0.2) is 0 Å². The van der Waals surface area contributed by atoms with Gasteiger partial charge in [-0.15, -0.1) is 36.2 Å². The third-order valence-electron chi connectivity index (χ3n) is 4.49. The predicted octanol–water partition coefficient (Wildman–Crippen LogP) is 3.15. The first-order valence-corrected chi connectivity index (χ1v) is 9.41. The average Bonchev–Trinajstić information content (AvgIpc) is 3.01. The van der Waals surface area contributed by atoms with E-state index in [1.54, 1.807) is 22.2 Å². The Bertz CT molecular complexity index is 955. The topological polar surface area (TPSA) is 71.8 Å². The Morgan fingerprint density at radius 2 is 2.15 bits per heavy atom. The molecule has 9 heteroatoms. The molecule has 0 radical (unpaired) electrons. The Balaban J connectivity index is 0.00000131. The average molecular weight is 428 g/mol. The monoisotopic (exact) mass is 427 g/mol. The van der Waals surface area contributed by atoms with E-state index in [2.05, 4.69) is 20.6 Å². The van der Waals surface area contributed by atoms with Crippen LogP contribution in [0.2, 0.25) is 0 Å². The minimum absolute atomic E-state index is 0. The van der Waals surface area contributed by atoms with E-state index in [0.29, 0.717) is 6.54 Å². The third-order valence-corrected chi connectivity index (χ3v) is 5.63. The second-order valence-electron chi connectivity index (χ2n) is 6.35. The third kappa shape index (κ3) is 4.60. The zero-order valence-corrected chi connectivity index (χ0v) is 17.5. The van der Waals surface area contributed by atoms with Gasteiger partial charge in [0.1, 0.15) is 10.6 Å². The van der Waals surface area contributed by atoms with Crippen molar-refractivity contribution in [3.05, 3.63) is 51.0 Å². The molecular formula is C18H23Cl2N5OS. The number of thiophene rings is 1. The van der Waals surface area contributed by atoms with E-state index in [1.165, 1.54) is 10.4 Å². The van der Waals surface area contributed by atoms with Crippen LogP contribution in [0.1, 0.15) is 22.4 Å². The van der Waals surface area contributed by atoms with Crippen LogP contribution in [0.25, 0.3) is 10.2 Å². The van der Waals surface area contributed by atoms with Crippen molar-refractivity contribution < 1.29 is 0 Å². The molecule has 1 aliphatic rings. The molecule has 0 spiro atoms. The fourth-order valence-corrected chi connectivity index (χ4v) is 4.29. The molecular weight excluding hydrogens is 405 g/mol. The molecule has 0 saturated heterocycles. The Morgan fingerprint density at radius 3 is 2.93 bits per heavy atom. The van der Waals surface area contributed by atoms with E-state index >= 15 is 0 Å². The van der Waals surface area contributed by atoms with Crippen molar-refractivity contribution in [3.8, 4) is 0 Å². The van der Waals surface area contributed by atoms with Crippen molar-refractivity contribution in [1.29, 1.82) is 0 Å². The molecule has 0 bridgehead atoms. The number of anilines is 1. The Kier molecular flexibility index (Phi) is 7.61. The molecule has 3 aromatic heterocycles. The molecule has 3 aromatic rings. The van der Waals surface area contributed by atoms with E-state index < -0.39 is 0 Å². The molecule has 0 unspecified atom stereocenters. The highest BCUT2D eigenvalue weighted by Gasteiger charge is 2.19. The molecule has 4 rings (SSSR count). The number of rotatable bonds is 5. The standard InChI is InChI=1S/C18H21N5OS.2ClH/c1-12-3-4-15(21-9-12)20-6-2-8-23-11-22-17-16(18(23)24)13-5-7-19-10-14(13)25-17;;/h3-4,9,11,19H,2,5-8,10H2,1H3,(H,20,21);2*1H. The second-order valence-corrected chi connectivity index (χ2v) is 7.44. The molecule has 0 saturated carbocycles. The van der Waals surface area contributed by atoms with Crippen molar-refractivity contribution in [2.24, 2.45) is 0 Å². The van der Waals surface area contributed by atoms with E-state index in [1.807, 2.05) is 25.3 Å². The molecule has 0 fully saturated rings. The minimum Gasteiger partial charge on any atom is -0.370 e. The molecule has 146 valence electrons. The van der Waals surface area contributed by atoms with E-state index in [0.717, 1.165) is 54.1 Å². The van der Waals surface area contributed by atoms with Crippen LogP contribution in [0.3, 0.4) is 0 Å². The van der Waals surface area contributed by atoms with Crippen molar-refractivity contribution in [2.75, 3.05) is 18.4 Å². The number of aryl methyl sites for hydroxylation is 2. The molecule has 1 aliphatic heterocycles. The summed E-state index contributed by atoms with van der Waals surface area (Å²) in [4.78, 5) is 23.8. The summed E-state index contributed by atoms with van der Waals surface area (Å²) in [5, 5.41) is 7.48. The summed E-state index contributed by atoms with van der Waals surface area (Å²) in [7, 11) is 0. The summed E-state index contributed by atoms with van der Waals surface area (Å²) in [6, 6.07) is 4.01. The van der Waals surface area contributed by atoms with Crippen LogP contribution in [0.15, 0.2) is 29.5 Å². The van der Waals surface area contributed by atoms with Gasteiger partial charge in [0.25, 0.3) is 5.56 Å². The minimum atomic E-state index is 0. The number of fused-ring (bicyclic) bond motifs is 3. The van der Waals surface area contributed by atoms with Crippen molar-refractivity contribution in [1.82, 2.24) is 19.9 Å². The van der Waals surface area contributed by atoms with Gasteiger partial charge in [-0.1, -0.05) is 6.07 Å². The SMILES string of the molecule is Cc1ccc(NCCCn2cnc3sc4c(c3c2=O)CCNC4)nc1.Cl.Cl. The molecule has 0 aliphatic carbocycles. The smallest absolute Gasteiger partial charge is 0.262 e. The lowest BCUT2D eigenvalue weighted by molar-refractivity contribution is 0.630. The van der Waals surface area contributed by atoms with Gasteiger partial charge in [-0.2, -0.15) is 0 Å². The molecule has 4 heterocycles. The number of pyridine rings is 1. The quantitative estimate of drug-likeness (QED) is 0.611. The zero-order valence-electron chi connectivity index (χ0n) is 15.0. The Labute approximate surface area is 174 Å². The number of nitrogens with zero attached hydrogens (tertiary/aromatic N) is 3. The highest BCUT2D eigenvalue weighted by atomic mass is 35.5. The number of hydrogen-bond donors (Lipinski definition) is 2. The maximum atomic E-state index is 12.8. The summed E-state index contributed by atoms with van der Waals surface area (Å²) < 4.78 is 1.74. The van der Waals surface area contributed by atoms with Crippen LogP contribution in [0.4, 0.5) is 5.82 Å². The molecule has 0 atom stereocenters. The van der Waals surface area contributed by atoms with E-state index in [9.17, 15) is 4.79 Å². The van der Waals surface area contributed by atoms with E-state index in [-0.39, 0.29) is 30.4 Å². The Hall–Kier alpha value is -1.67. The van der Waals surface area contributed by atoms with Gasteiger partial charge in [0, 0.05) is 30.7 Å². The van der Waals surface area contributed by atoms with Crippen LogP contribution >= 0.6 is 36.2 Å². The second kappa shape index (κ2) is 9.50. The van der Waals surface area contributed by atoms with Gasteiger partial charge >= 0.3 is 0 Å². The number of aromatic nitrogens is 3. The van der Waals surface area contributed by atoms with Crippen molar-refractivity contribution in [2.45, 2.75) is 32.9 Å². The number of nitrogens with one attached hydrogen (secondary N) is 2. The highest BCUT2D eigenvalue weighted by molar-refractivity contribution is 7.18. The molecule has 0 amide bonds. The molecule has 27 heavy (non-hydrogen) atoms. The van der Waals surface area contributed by atoms with Gasteiger partial charge in [0.05, 0.1) is 11.7 Å². The first-order valence-electron chi connectivity index (χ1n) is 8.59. The molecule has 0 aromatic carbocycles. The summed E-state index contributed by atoms with van der Waals surface area (Å²) >= 11 is 1.64. The lowest BCUT2D eigenvalue weighted by Gasteiger charge is -2.12. The normalized spacial score (nSPS) is 12.8. The largest absolute Gasteiger partial charge is 0.370 e. The zero-order chi connectivity index (χ0) is 17.2. The highest BCUT2D eigenvalue weighted by Crippen LogP contribution is 2.29. The van der Waals surface area contributed by atoms with Crippen LogP contribution in [0.5, 0.6) is 0 Å². The lowest BCUT2D eigenvalue weighted by atomic mass is 10.1. The first-order chi connectivity index (χ1) is 12.2. The van der Waals surface area contributed by atoms with Gasteiger partial charge < -0.3 is 10.6 Å². The maximum Gasteiger partial charge on any atom is 0.262 e. The summed E-state index contributed by atoms with van der Waals surface area (Å²) in [6.07, 6.45) is 5.29. The van der Waals surface area contributed by atoms with Gasteiger partial charge in [-0.05, 0) is 43.5 Å². The summed E-state index contributed by atoms with van der Waals surface area (Å²) in [5.74, 6) is 0.867. The van der Waals surface area contributed by atoms with Gasteiger partial charge in [-0.3, -0.25) is 9.36 Å². The summed E-state index contributed by atoms with van der Waals surface area (Å²) in [5.41, 5.74) is 2.44. The maximum absolute atomic E-state index is 12.8. The van der Waals surface area contributed by atoms with Gasteiger partial charge in [0.2, 0.25) is 0 Å². The number of halogens is 2. The van der Waals surface area contributed by atoms with Crippen LogP contribution in [-0.2, 0) is 19.5 Å². The first kappa shape index (κ1) is 21.6. The molecule has 2 N–H and O–H groups in total. The van der Waals surface area contributed by atoms with Crippen LogP contribution in [0, 0.1) is 6.92 Å². The fraction of sp³-hybridized carbons (Fsp3) is 0.389. The summed E-state index contributed by atoms with van der Waals surface area (Å²) in [6.45, 7) is 5.23. The van der Waals surface area contributed by atoms with Gasteiger partial charge in [-0.25, -0.2) is 9.97 Å². The fourth-order valence-electron chi connectivity index (χ4n) is 3.15. The predicted molar refractivity (Wildman–Crippen MR) is 116 cm³/mol. The molecule has 6 nitrogen and oxygen atoms in total. The lowest BCUT2D eigenvalue weighted by Crippen LogP contribution is -2.25. The van der Waals surface area contributed by atoms with Crippen molar-refractivity contribution in [3.63, 3.8) is 0 Å². The Morgan fingerprint density at radius 1 is 1.30 bits per heavy atom. The van der Waals surface area contributed by atoms with Crippen molar-refractivity contribution >= 4 is 52.2 Å².